The minimum atomic E-state index is -0.495. The van der Waals surface area contributed by atoms with Crippen molar-refractivity contribution in [2.75, 3.05) is 33.2 Å². The van der Waals surface area contributed by atoms with Gasteiger partial charge in [-0.3, -0.25) is 0 Å². The van der Waals surface area contributed by atoms with E-state index in [2.05, 4.69) is 31.1 Å². The molecule has 0 unspecified atom stereocenters. The van der Waals surface area contributed by atoms with Gasteiger partial charge in [-0.05, 0) is 58.3 Å². The second kappa shape index (κ2) is 6.58. The van der Waals surface area contributed by atoms with E-state index in [0.717, 1.165) is 31.8 Å². The van der Waals surface area contributed by atoms with E-state index < -0.39 is 5.60 Å². The molecule has 0 amide bonds. The Morgan fingerprint density at radius 3 is 2.31 bits per heavy atom. The highest BCUT2D eigenvalue weighted by Gasteiger charge is 2.22. The summed E-state index contributed by atoms with van der Waals surface area (Å²) in [6.45, 7) is 8.36. The molecule has 0 aromatic heterocycles. The summed E-state index contributed by atoms with van der Waals surface area (Å²) in [7, 11) is 2.19. The maximum absolute atomic E-state index is 10.1. The molecule has 0 aromatic rings. The van der Waals surface area contributed by atoms with E-state index in [-0.39, 0.29) is 0 Å². The third kappa shape index (κ3) is 4.40. The van der Waals surface area contributed by atoms with Crippen molar-refractivity contribution in [3.05, 3.63) is 0 Å². The first-order chi connectivity index (χ1) is 7.59. The van der Waals surface area contributed by atoms with Gasteiger partial charge in [-0.15, -0.1) is 0 Å². The minimum Gasteiger partial charge on any atom is -0.389 e. The molecule has 16 heavy (non-hydrogen) atoms. The molecule has 1 saturated heterocycles. The molecular weight excluding hydrogens is 200 g/mol. The standard InChI is InChI=1S/C13H28N2O/c1-4-13(16,5-2)11-14-10-12-6-8-15(3)9-7-12/h12,14,16H,4-11H2,1-3H3. The number of nitrogens with zero attached hydrogens (tertiary/aromatic N) is 1. The van der Waals surface area contributed by atoms with Crippen LogP contribution in [0.5, 0.6) is 0 Å². The summed E-state index contributed by atoms with van der Waals surface area (Å²) in [6, 6.07) is 0. The van der Waals surface area contributed by atoms with Crippen LogP contribution < -0.4 is 5.32 Å². The molecule has 0 aliphatic carbocycles. The van der Waals surface area contributed by atoms with Gasteiger partial charge in [-0.2, -0.15) is 0 Å². The Morgan fingerprint density at radius 1 is 1.25 bits per heavy atom. The predicted octanol–water partition coefficient (Wildman–Crippen LogP) is 1.47. The van der Waals surface area contributed by atoms with Crippen LogP contribution in [0.1, 0.15) is 39.5 Å². The molecule has 1 aliphatic heterocycles. The highest BCUT2D eigenvalue weighted by Crippen LogP contribution is 2.16. The van der Waals surface area contributed by atoms with Crippen LogP contribution in [0.2, 0.25) is 0 Å². The van der Waals surface area contributed by atoms with E-state index in [1.165, 1.54) is 25.9 Å². The topological polar surface area (TPSA) is 35.5 Å². The summed E-state index contributed by atoms with van der Waals surface area (Å²) in [5.41, 5.74) is -0.495. The summed E-state index contributed by atoms with van der Waals surface area (Å²) < 4.78 is 0. The zero-order chi connectivity index (χ0) is 12.0. The Balaban J connectivity index is 2.15. The lowest BCUT2D eigenvalue weighted by Crippen LogP contribution is -2.42. The molecule has 0 spiro atoms. The van der Waals surface area contributed by atoms with Gasteiger partial charge in [0.25, 0.3) is 0 Å². The molecule has 2 N–H and O–H groups in total. The smallest absolute Gasteiger partial charge is 0.0766 e. The Kier molecular flexibility index (Phi) is 5.73. The lowest BCUT2D eigenvalue weighted by atomic mass is 9.95. The summed E-state index contributed by atoms with van der Waals surface area (Å²) >= 11 is 0. The van der Waals surface area contributed by atoms with Crippen molar-refractivity contribution < 1.29 is 5.11 Å². The molecule has 3 heteroatoms. The quantitative estimate of drug-likeness (QED) is 0.722. The summed E-state index contributed by atoms with van der Waals surface area (Å²) in [6.07, 6.45) is 4.26. The van der Waals surface area contributed by atoms with Crippen LogP contribution in [0.15, 0.2) is 0 Å². The second-order valence-corrected chi connectivity index (χ2v) is 5.31. The van der Waals surface area contributed by atoms with Crippen LogP contribution >= 0.6 is 0 Å². The van der Waals surface area contributed by atoms with Gasteiger partial charge in [0.15, 0.2) is 0 Å². The fourth-order valence-corrected chi connectivity index (χ4v) is 2.28. The van der Waals surface area contributed by atoms with Gasteiger partial charge < -0.3 is 15.3 Å². The van der Waals surface area contributed by atoms with E-state index in [1.807, 2.05) is 0 Å². The Labute approximate surface area is 100 Å². The van der Waals surface area contributed by atoms with Gasteiger partial charge in [0, 0.05) is 6.54 Å². The third-order valence-electron chi connectivity index (χ3n) is 4.04. The van der Waals surface area contributed by atoms with Gasteiger partial charge >= 0.3 is 0 Å². The highest BCUT2D eigenvalue weighted by atomic mass is 16.3. The first kappa shape index (κ1) is 13.9. The van der Waals surface area contributed by atoms with Crippen LogP contribution in [-0.2, 0) is 0 Å². The van der Waals surface area contributed by atoms with Gasteiger partial charge in [0.05, 0.1) is 5.60 Å². The molecule has 96 valence electrons. The number of piperidine rings is 1. The number of likely N-dealkylation sites (tertiary alicyclic amines) is 1. The summed E-state index contributed by atoms with van der Waals surface area (Å²) in [5.74, 6) is 0.800. The average molecular weight is 228 g/mol. The maximum Gasteiger partial charge on any atom is 0.0766 e. The molecule has 0 saturated carbocycles. The summed E-state index contributed by atoms with van der Waals surface area (Å²) in [5, 5.41) is 13.6. The van der Waals surface area contributed by atoms with Crippen LogP contribution in [0.3, 0.4) is 0 Å². The van der Waals surface area contributed by atoms with Crippen molar-refractivity contribution in [2.24, 2.45) is 5.92 Å². The molecule has 1 fully saturated rings. The Bertz CT molecular complexity index is 184. The van der Waals surface area contributed by atoms with Crippen LogP contribution in [-0.4, -0.2) is 48.8 Å². The number of aliphatic hydroxyl groups is 1. The molecule has 1 aliphatic rings. The fraction of sp³-hybridized carbons (Fsp3) is 1.00. The number of hydrogen-bond acceptors (Lipinski definition) is 3. The molecule has 1 rings (SSSR count). The molecule has 0 bridgehead atoms. The molecular formula is C13H28N2O. The lowest BCUT2D eigenvalue weighted by Gasteiger charge is -2.31. The van der Waals surface area contributed by atoms with Crippen LogP contribution in [0.4, 0.5) is 0 Å². The fourth-order valence-electron chi connectivity index (χ4n) is 2.28. The monoisotopic (exact) mass is 228 g/mol. The maximum atomic E-state index is 10.1. The van der Waals surface area contributed by atoms with Crippen LogP contribution in [0, 0.1) is 5.92 Å². The van der Waals surface area contributed by atoms with E-state index >= 15 is 0 Å². The van der Waals surface area contributed by atoms with Crippen molar-refractivity contribution in [3.63, 3.8) is 0 Å². The lowest BCUT2D eigenvalue weighted by molar-refractivity contribution is 0.0311. The van der Waals surface area contributed by atoms with E-state index in [1.54, 1.807) is 0 Å². The molecule has 0 radical (unpaired) electrons. The largest absolute Gasteiger partial charge is 0.389 e. The van der Waals surface area contributed by atoms with Crippen molar-refractivity contribution >= 4 is 0 Å². The SMILES string of the molecule is CCC(O)(CC)CNCC1CCN(C)CC1. The number of nitrogens with one attached hydrogen (secondary N) is 1. The highest BCUT2D eigenvalue weighted by molar-refractivity contribution is 4.79. The van der Waals surface area contributed by atoms with E-state index in [9.17, 15) is 5.11 Å². The van der Waals surface area contributed by atoms with Crippen molar-refractivity contribution in [2.45, 2.75) is 45.1 Å². The normalized spacial score (nSPS) is 20.2. The van der Waals surface area contributed by atoms with E-state index in [0.29, 0.717) is 0 Å². The molecule has 1 heterocycles. The zero-order valence-electron chi connectivity index (χ0n) is 11.1. The predicted molar refractivity (Wildman–Crippen MR) is 68.6 cm³/mol. The first-order valence-corrected chi connectivity index (χ1v) is 6.71. The van der Waals surface area contributed by atoms with Gasteiger partial charge in [-0.1, -0.05) is 13.8 Å². The third-order valence-corrected chi connectivity index (χ3v) is 4.04. The second-order valence-electron chi connectivity index (χ2n) is 5.31. The van der Waals surface area contributed by atoms with E-state index in [4.69, 9.17) is 0 Å². The molecule has 3 nitrogen and oxygen atoms in total. The Morgan fingerprint density at radius 2 is 1.81 bits per heavy atom. The van der Waals surface area contributed by atoms with Gasteiger partial charge in [0.1, 0.15) is 0 Å². The summed E-state index contributed by atoms with van der Waals surface area (Å²) in [4.78, 5) is 2.39. The van der Waals surface area contributed by atoms with Crippen molar-refractivity contribution in [1.82, 2.24) is 10.2 Å². The van der Waals surface area contributed by atoms with Crippen molar-refractivity contribution in [3.8, 4) is 0 Å². The molecule has 0 aromatic carbocycles. The zero-order valence-corrected chi connectivity index (χ0v) is 11.1. The number of hydrogen-bond donors (Lipinski definition) is 2. The minimum absolute atomic E-state index is 0.495. The van der Waals surface area contributed by atoms with Gasteiger partial charge in [0.2, 0.25) is 0 Å². The van der Waals surface area contributed by atoms with Gasteiger partial charge in [-0.25, -0.2) is 0 Å². The van der Waals surface area contributed by atoms with Crippen molar-refractivity contribution in [1.29, 1.82) is 0 Å². The number of rotatable bonds is 6. The first-order valence-electron chi connectivity index (χ1n) is 6.71. The average Bonchev–Trinajstić information content (AvgIpc) is 2.31. The van der Waals surface area contributed by atoms with Crippen LogP contribution in [0.25, 0.3) is 0 Å². The Hall–Kier alpha value is -0.120. The molecule has 0 atom stereocenters.